The topological polar surface area (TPSA) is 36.1 Å². The van der Waals surface area contributed by atoms with Crippen LogP contribution in [0.3, 0.4) is 0 Å². The van der Waals surface area contributed by atoms with E-state index >= 15 is 0 Å². The van der Waals surface area contributed by atoms with Crippen LogP contribution >= 0.6 is 0 Å². The number of fused-ring (bicyclic) bond motifs is 1. The molecular formula is C17H16N2O. The minimum atomic E-state index is -0.0707. The van der Waals surface area contributed by atoms with Crippen molar-refractivity contribution in [3.8, 4) is 0 Å². The van der Waals surface area contributed by atoms with Gasteiger partial charge in [0.05, 0.1) is 11.2 Å². The number of benzene rings is 2. The molecule has 1 N–H and O–H groups in total. The number of pyridine rings is 1. The zero-order valence-corrected chi connectivity index (χ0v) is 11.3. The van der Waals surface area contributed by atoms with Crippen molar-refractivity contribution in [2.75, 3.05) is 11.9 Å². The van der Waals surface area contributed by atoms with E-state index in [1.165, 1.54) is 5.56 Å². The third-order valence-electron chi connectivity index (χ3n) is 3.40. The van der Waals surface area contributed by atoms with Crippen LogP contribution in [0.5, 0.6) is 0 Å². The Morgan fingerprint density at radius 1 is 1.00 bits per heavy atom. The van der Waals surface area contributed by atoms with E-state index in [0.717, 1.165) is 23.1 Å². The van der Waals surface area contributed by atoms with Gasteiger partial charge in [0.2, 0.25) is 5.56 Å². The minimum absolute atomic E-state index is 0.0707. The molecule has 2 aromatic carbocycles. The quantitative estimate of drug-likeness (QED) is 0.788. The molecule has 1 aromatic heterocycles. The van der Waals surface area contributed by atoms with Crippen molar-refractivity contribution in [3.63, 3.8) is 0 Å². The highest BCUT2D eigenvalue weighted by Crippen LogP contribution is 2.23. The second kappa shape index (κ2) is 5.21. The lowest BCUT2D eigenvalue weighted by Crippen LogP contribution is -2.19. The number of nitrogens with one attached hydrogen (secondary N) is 1. The molecule has 3 rings (SSSR count). The van der Waals surface area contributed by atoms with Crippen LogP contribution in [0.4, 0.5) is 5.69 Å². The van der Waals surface area contributed by atoms with Crippen molar-refractivity contribution in [2.45, 2.75) is 6.54 Å². The predicted molar refractivity (Wildman–Crippen MR) is 83.1 cm³/mol. The molecule has 3 heteroatoms. The molecule has 0 bridgehead atoms. The van der Waals surface area contributed by atoms with Gasteiger partial charge in [-0.3, -0.25) is 4.79 Å². The average Bonchev–Trinajstić information content (AvgIpc) is 2.47. The summed E-state index contributed by atoms with van der Waals surface area (Å²) in [6, 6.07) is 19.8. The van der Waals surface area contributed by atoms with Crippen LogP contribution in [0.15, 0.2) is 65.5 Å². The number of hydrogen-bond donors (Lipinski definition) is 1. The molecule has 20 heavy (non-hydrogen) atoms. The Morgan fingerprint density at radius 3 is 2.50 bits per heavy atom. The number of nitrogens with zero attached hydrogens (tertiary/aromatic N) is 1. The van der Waals surface area contributed by atoms with Crippen LogP contribution in [0.2, 0.25) is 0 Å². The summed E-state index contributed by atoms with van der Waals surface area (Å²) in [5.41, 5.74) is 2.97. The lowest BCUT2D eigenvalue weighted by molar-refractivity contribution is 0.925. The van der Waals surface area contributed by atoms with E-state index in [0.29, 0.717) is 0 Å². The lowest BCUT2D eigenvalue weighted by Gasteiger charge is -2.21. The van der Waals surface area contributed by atoms with Crippen LogP contribution in [0.1, 0.15) is 5.56 Å². The van der Waals surface area contributed by atoms with Gasteiger partial charge in [0.25, 0.3) is 0 Å². The van der Waals surface area contributed by atoms with Gasteiger partial charge in [0.1, 0.15) is 0 Å². The second-order valence-electron chi connectivity index (χ2n) is 4.91. The minimum Gasteiger partial charge on any atom is -0.370 e. The summed E-state index contributed by atoms with van der Waals surface area (Å²) in [4.78, 5) is 16.7. The molecule has 0 unspecified atom stereocenters. The second-order valence-corrected chi connectivity index (χ2v) is 4.91. The molecule has 0 amide bonds. The van der Waals surface area contributed by atoms with Crippen molar-refractivity contribution in [3.05, 3.63) is 76.6 Å². The van der Waals surface area contributed by atoms with E-state index in [1.54, 1.807) is 6.07 Å². The Bertz CT molecular complexity index is 778. The molecular weight excluding hydrogens is 248 g/mol. The molecule has 0 radical (unpaired) electrons. The molecule has 3 nitrogen and oxygen atoms in total. The largest absolute Gasteiger partial charge is 0.370 e. The van der Waals surface area contributed by atoms with Gasteiger partial charge in [-0.05, 0) is 11.6 Å². The molecule has 0 saturated heterocycles. The zero-order chi connectivity index (χ0) is 13.9. The van der Waals surface area contributed by atoms with Crippen molar-refractivity contribution >= 4 is 16.6 Å². The van der Waals surface area contributed by atoms with Crippen molar-refractivity contribution < 1.29 is 0 Å². The highest BCUT2D eigenvalue weighted by molar-refractivity contribution is 5.91. The number of para-hydroxylation sites is 1. The standard InChI is InChI=1S/C17H16N2O/c1-19(12-13-7-3-2-4-8-13)16-11-17(20)18-15-10-6-5-9-14(15)16/h2-11H,12H2,1H3,(H,18,20). The van der Waals surface area contributed by atoms with Crippen molar-refractivity contribution in [1.29, 1.82) is 0 Å². The summed E-state index contributed by atoms with van der Waals surface area (Å²) >= 11 is 0. The average molecular weight is 264 g/mol. The van der Waals surface area contributed by atoms with Gasteiger partial charge >= 0.3 is 0 Å². The van der Waals surface area contributed by atoms with E-state index in [9.17, 15) is 4.79 Å². The van der Waals surface area contributed by atoms with Crippen LogP contribution in [-0.4, -0.2) is 12.0 Å². The van der Waals surface area contributed by atoms with E-state index < -0.39 is 0 Å². The number of anilines is 1. The van der Waals surface area contributed by atoms with Gasteiger partial charge in [-0.2, -0.15) is 0 Å². The van der Waals surface area contributed by atoms with E-state index in [2.05, 4.69) is 22.0 Å². The first-order valence-electron chi connectivity index (χ1n) is 6.61. The summed E-state index contributed by atoms with van der Waals surface area (Å²) < 4.78 is 0. The van der Waals surface area contributed by atoms with Crippen LogP contribution in [-0.2, 0) is 6.54 Å². The monoisotopic (exact) mass is 264 g/mol. The number of rotatable bonds is 3. The first kappa shape index (κ1) is 12.5. The fourth-order valence-corrected chi connectivity index (χ4v) is 2.44. The fraction of sp³-hybridized carbons (Fsp3) is 0.118. The molecule has 0 fully saturated rings. The first-order chi connectivity index (χ1) is 9.74. The predicted octanol–water partition coefficient (Wildman–Crippen LogP) is 3.16. The summed E-state index contributed by atoms with van der Waals surface area (Å²) in [7, 11) is 2.01. The van der Waals surface area contributed by atoms with Gasteiger partial charge in [0, 0.05) is 25.0 Å². The SMILES string of the molecule is CN(Cc1ccccc1)c1cc(=O)[nH]c2ccccc12. The van der Waals surface area contributed by atoms with Gasteiger partial charge in [-0.1, -0.05) is 48.5 Å². The summed E-state index contributed by atoms with van der Waals surface area (Å²) in [5.74, 6) is 0. The van der Waals surface area contributed by atoms with Crippen LogP contribution < -0.4 is 10.5 Å². The fourth-order valence-electron chi connectivity index (χ4n) is 2.44. The molecule has 1 heterocycles. The highest BCUT2D eigenvalue weighted by atomic mass is 16.1. The zero-order valence-electron chi connectivity index (χ0n) is 11.3. The maximum atomic E-state index is 11.8. The number of aromatic amines is 1. The summed E-state index contributed by atoms with van der Waals surface area (Å²) in [5, 5.41) is 1.06. The Morgan fingerprint density at radius 2 is 1.70 bits per heavy atom. The number of aromatic nitrogens is 1. The number of hydrogen-bond acceptors (Lipinski definition) is 2. The Balaban J connectivity index is 2.03. The van der Waals surface area contributed by atoms with E-state index in [-0.39, 0.29) is 5.56 Å². The lowest BCUT2D eigenvalue weighted by atomic mass is 10.1. The van der Waals surface area contributed by atoms with Crippen molar-refractivity contribution in [2.24, 2.45) is 0 Å². The first-order valence-corrected chi connectivity index (χ1v) is 6.61. The van der Waals surface area contributed by atoms with Gasteiger partial charge < -0.3 is 9.88 Å². The Kier molecular flexibility index (Phi) is 3.25. The highest BCUT2D eigenvalue weighted by Gasteiger charge is 2.08. The molecule has 0 aliphatic heterocycles. The van der Waals surface area contributed by atoms with E-state index in [1.807, 2.05) is 49.5 Å². The Hall–Kier alpha value is -2.55. The van der Waals surface area contributed by atoms with Gasteiger partial charge in [-0.25, -0.2) is 0 Å². The van der Waals surface area contributed by atoms with Crippen LogP contribution in [0.25, 0.3) is 10.9 Å². The van der Waals surface area contributed by atoms with Gasteiger partial charge in [-0.15, -0.1) is 0 Å². The third kappa shape index (κ3) is 2.43. The van der Waals surface area contributed by atoms with Gasteiger partial charge in [0.15, 0.2) is 0 Å². The van der Waals surface area contributed by atoms with Crippen molar-refractivity contribution in [1.82, 2.24) is 4.98 Å². The number of H-pyrrole nitrogens is 1. The summed E-state index contributed by atoms with van der Waals surface area (Å²) in [6.45, 7) is 0.772. The normalized spacial score (nSPS) is 10.7. The molecule has 0 atom stereocenters. The molecule has 0 aliphatic rings. The van der Waals surface area contributed by atoms with Crippen LogP contribution in [0, 0.1) is 0 Å². The maximum absolute atomic E-state index is 11.8. The Labute approximate surface area is 117 Å². The maximum Gasteiger partial charge on any atom is 0.250 e. The molecule has 3 aromatic rings. The molecule has 0 aliphatic carbocycles. The van der Waals surface area contributed by atoms with E-state index in [4.69, 9.17) is 0 Å². The molecule has 100 valence electrons. The molecule has 0 spiro atoms. The third-order valence-corrected chi connectivity index (χ3v) is 3.40. The summed E-state index contributed by atoms with van der Waals surface area (Å²) in [6.07, 6.45) is 0. The smallest absolute Gasteiger partial charge is 0.250 e. The molecule has 0 saturated carbocycles.